The van der Waals surface area contributed by atoms with Gasteiger partial charge in [0.25, 0.3) is 5.91 Å². The Labute approximate surface area is 224 Å². The van der Waals surface area contributed by atoms with Crippen LogP contribution in [0.2, 0.25) is 0 Å². The maximum atomic E-state index is 14.4. The maximum absolute atomic E-state index is 14.4. The molecule has 1 spiro atoms. The summed E-state index contributed by atoms with van der Waals surface area (Å²) in [5.41, 5.74) is -1.40. The Morgan fingerprint density at radius 1 is 1.21 bits per heavy atom. The van der Waals surface area contributed by atoms with Crippen LogP contribution in [-0.2, 0) is 23.9 Å². The molecule has 5 atom stereocenters. The van der Waals surface area contributed by atoms with Crippen LogP contribution in [0.3, 0.4) is 0 Å². The lowest BCUT2D eigenvalue weighted by Crippen LogP contribution is -2.56. The van der Waals surface area contributed by atoms with Crippen LogP contribution in [0.25, 0.3) is 0 Å². The number of carbonyl (C=O) groups excluding carboxylic acids is 3. The second-order valence-corrected chi connectivity index (χ2v) is 10.4. The van der Waals surface area contributed by atoms with Crippen LogP contribution >= 0.6 is 0 Å². The summed E-state index contributed by atoms with van der Waals surface area (Å²) in [7, 11) is 1.57. The average molecular weight is 527 g/mol. The van der Waals surface area contributed by atoms with Crippen LogP contribution in [0.1, 0.15) is 39.0 Å². The van der Waals surface area contributed by atoms with Gasteiger partial charge >= 0.3 is 5.97 Å². The van der Waals surface area contributed by atoms with Gasteiger partial charge in [0, 0.05) is 25.4 Å². The van der Waals surface area contributed by atoms with Gasteiger partial charge in [0.15, 0.2) is 0 Å². The normalized spacial score (nSPS) is 29.2. The van der Waals surface area contributed by atoms with Crippen LogP contribution in [0.5, 0.6) is 5.75 Å². The summed E-state index contributed by atoms with van der Waals surface area (Å²) in [5.74, 6) is -2.01. The van der Waals surface area contributed by atoms with Gasteiger partial charge in [-0.3, -0.25) is 14.4 Å². The topological polar surface area (TPSA) is 106 Å². The van der Waals surface area contributed by atoms with Gasteiger partial charge in [-0.1, -0.05) is 12.2 Å². The minimum absolute atomic E-state index is 0.0174. The van der Waals surface area contributed by atoms with Crippen molar-refractivity contribution in [1.82, 2.24) is 4.90 Å². The van der Waals surface area contributed by atoms with E-state index in [4.69, 9.17) is 14.2 Å². The number of methoxy groups -OCH3 is 1. The van der Waals surface area contributed by atoms with Crippen molar-refractivity contribution in [2.45, 2.75) is 56.3 Å². The first-order chi connectivity index (χ1) is 18.3. The molecule has 2 unspecified atom stereocenters. The summed E-state index contributed by atoms with van der Waals surface area (Å²) in [6.07, 6.45) is 5.83. The molecule has 0 aliphatic carbocycles. The van der Waals surface area contributed by atoms with Gasteiger partial charge in [-0.25, -0.2) is 0 Å². The van der Waals surface area contributed by atoms with Gasteiger partial charge in [0.2, 0.25) is 5.91 Å². The number of hydrogen-bond donors (Lipinski definition) is 1. The number of ether oxygens (including phenoxy) is 3. The number of amides is 2. The van der Waals surface area contributed by atoms with Crippen molar-refractivity contribution in [3.05, 3.63) is 49.6 Å². The number of rotatable bonds is 13. The lowest BCUT2D eigenvalue weighted by molar-refractivity contribution is -0.159. The Balaban J connectivity index is 1.73. The molecule has 1 N–H and O–H groups in total. The molecule has 3 aliphatic rings. The molecule has 0 saturated carbocycles. The highest BCUT2D eigenvalue weighted by Gasteiger charge is 2.78. The third kappa shape index (κ3) is 4.62. The number of fused-ring (bicyclic) bond motifs is 1. The van der Waals surface area contributed by atoms with E-state index in [0.29, 0.717) is 43.5 Å². The van der Waals surface area contributed by atoms with Gasteiger partial charge < -0.3 is 29.1 Å². The molecule has 2 amide bonds. The largest absolute Gasteiger partial charge is 0.497 e. The minimum atomic E-state index is -1.14. The lowest BCUT2D eigenvalue weighted by Gasteiger charge is -2.36. The Morgan fingerprint density at radius 2 is 1.95 bits per heavy atom. The smallest absolute Gasteiger partial charge is 0.312 e. The van der Waals surface area contributed by atoms with E-state index in [-0.39, 0.29) is 38.1 Å². The fraction of sp³-hybridized carbons (Fsp3) is 0.552. The Morgan fingerprint density at radius 3 is 2.58 bits per heavy atom. The fourth-order valence-electron chi connectivity index (χ4n) is 6.39. The van der Waals surface area contributed by atoms with Crippen molar-refractivity contribution in [2.75, 3.05) is 38.3 Å². The molecule has 0 aromatic heterocycles. The van der Waals surface area contributed by atoms with E-state index in [1.807, 2.05) is 6.92 Å². The zero-order valence-electron chi connectivity index (χ0n) is 22.3. The molecule has 3 saturated heterocycles. The van der Waals surface area contributed by atoms with Gasteiger partial charge in [-0.2, -0.15) is 0 Å². The summed E-state index contributed by atoms with van der Waals surface area (Å²) < 4.78 is 17.4. The molecule has 0 radical (unpaired) electrons. The number of hydrogen-bond acceptors (Lipinski definition) is 7. The molecule has 38 heavy (non-hydrogen) atoms. The standard InChI is InChI=1S/C29H38N2O7/c1-5-7-19-37-27(35)23-22-25(33)31(17-8-9-18-32)24(29(22)15-14-28(23,3)38-29)26(34)30(16-6-2)20-10-12-21(36-4)13-11-20/h5-6,10-13,22-24,32H,1-2,7-9,14-19H2,3-4H3/t22-,23-,24?,28+,29?/m0/s1. The van der Waals surface area contributed by atoms with Crippen LogP contribution in [0.15, 0.2) is 49.6 Å². The van der Waals surface area contributed by atoms with Crippen LogP contribution < -0.4 is 9.64 Å². The van der Waals surface area contributed by atoms with E-state index in [0.717, 1.165) is 0 Å². The molecular formula is C29H38N2O7. The van der Waals surface area contributed by atoms with Crippen molar-refractivity contribution >= 4 is 23.5 Å². The van der Waals surface area contributed by atoms with Crippen molar-refractivity contribution in [2.24, 2.45) is 11.8 Å². The number of esters is 1. The highest BCUT2D eigenvalue weighted by Crippen LogP contribution is 2.63. The van der Waals surface area contributed by atoms with Gasteiger partial charge in [-0.15, -0.1) is 13.2 Å². The van der Waals surface area contributed by atoms with Crippen molar-refractivity contribution in [1.29, 1.82) is 0 Å². The molecule has 3 heterocycles. The van der Waals surface area contributed by atoms with Gasteiger partial charge in [-0.05, 0) is 63.3 Å². The molecule has 4 rings (SSSR count). The molecule has 9 heteroatoms. The van der Waals surface area contributed by atoms with E-state index in [1.165, 1.54) is 0 Å². The lowest BCUT2D eigenvalue weighted by atomic mass is 9.66. The molecule has 3 fully saturated rings. The highest BCUT2D eigenvalue weighted by atomic mass is 16.6. The summed E-state index contributed by atoms with van der Waals surface area (Å²) in [6.45, 7) is 10.00. The van der Waals surface area contributed by atoms with E-state index < -0.39 is 35.0 Å². The zero-order valence-corrected chi connectivity index (χ0v) is 22.3. The molecule has 9 nitrogen and oxygen atoms in total. The Kier molecular flexibility index (Phi) is 8.28. The third-order valence-electron chi connectivity index (χ3n) is 8.10. The number of likely N-dealkylation sites (tertiary alicyclic amines) is 1. The number of carbonyl (C=O) groups is 3. The second-order valence-electron chi connectivity index (χ2n) is 10.4. The number of aliphatic hydroxyl groups excluding tert-OH is 1. The first-order valence-electron chi connectivity index (χ1n) is 13.2. The molecule has 3 aliphatic heterocycles. The molecule has 1 aromatic carbocycles. The number of aliphatic hydroxyl groups is 1. The number of benzene rings is 1. The van der Waals surface area contributed by atoms with Crippen LogP contribution in [0.4, 0.5) is 5.69 Å². The first-order valence-corrected chi connectivity index (χ1v) is 13.2. The van der Waals surface area contributed by atoms with Crippen molar-refractivity contribution in [3.63, 3.8) is 0 Å². The van der Waals surface area contributed by atoms with Crippen molar-refractivity contribution < 1.29 is 33.7 Å². The van der Waals surface area contributed by atoms with Gasteiger partial charge in [0.1, 0.15) is 23.3 Å². The third-order valence-corrected chi connectivity index (χ3v) is 8.10. The highest BCUT2D eigenvalue weighted by molar-refractivity contribution is 6.04. The molecule has 206 valence electrons. The minimum Gasteiger partial charge on any atom is -0.497 e. The first kappa shape index (κ1) is 27.9. The average Bonchev–Trinajstić information content (AvgIpc) is 3.48. The van der Waals surface area contributed by atoms with Crippen molar-refractivity contribution in [3.8, 4) is 5.75 Å². The van der Waals surface area contributed by atoms with Crippen LogP contribution in [-0.4, -0.2) is 78.4 Å². The summed E-state index contributed by atoms with van der Waals surface area (Å²) in [5, 5.41) is 9.35. The number of unbranched alkanes of at least 4 members (excludes halogenated alkanes) is 1. The monoisotopic (exact) mass is 526 g/mol. The quantitative estimate of drug-likeness (QED) is 0.239. The second kappa shape index (κ2) is 11.3. The van der Waals surface area contributed by atoms with E-state index >= 15 is 0 Å². The zero-order chi connectivity index (χ0) is 27.5. The summed E-state index contributed by atoms with van der Waals surface area (Å²) in [6, 6.07) is 6.19. The van der Waals surface area contributed by atoms with E-state index in [2.05, 4.69) is 13.2 Å². The molecular weight excluding hydrogens is 488 g/mol. The predicted molar refractivity (Wildman–Crippen MR) is 142 cm³/mol. The predicted octanol–water partition coefficient (Wildman–Crippen LogP) is 2.87. The number of nitrogens with zero attached hydrogens (tertiary/aromatic N) is 2. The molecule has 1 aromatic rings. The van der Waals surface area contributed by atoms with E-state index in [9.17, 15) is 19.5 Å². The van der Waals surface area contributed by atoms with E-state index in [1.54, 1.807) is 53.3 Å². The Hall–Kier alpha value is -3.17. The maximum Gasteiger partial charge on any atom is 0.312 e. The fourth-order valence-corrected chi connectivity index (χ4v) is 6.39. The Bertz CT molecular complexity index is 1070. The van der Waals surface area contributed by atoms with Gasteiger partial charge in [0.05, 0.1) is 25.2 Å². The summed E-state index contributed by atoms with van der Waals surface area (Å²) in [4.78, 5) is 44.9. The molecule has 2 bridgehead atoms. The summed E-state index contributed by atoms with van der Waals surface area (Å²) >= 11 is 0. The SMILES string of the molecule is C=CCCOC(=O)[C@@H]1[C@H]2C(=O)N(CCCCO)C(C(=O)N(CC=C)c3ccc(OC)cc3)C23CC[C@@]1(C)O3. The number of anilines is 1. The van der Waals surface area contributed by atoms with Crippen LogP contribution in [0, 0.1) is 11.8 Å².